The molecule has 2 heterocycles. The number of nitrogens with zero attached hydrogens (tertiary/aromatic N) is 3. The summed E-state index contributed by atoms with van der Waals surface area (Å²) in [6.45, 7) is 0. The number of halogens is 4. The minimum Gasteiger partial charge on any atom is -0.477 e. The first-order chi connectivity index (χ1) is 9.70. The Morgan fingerprint density at radius 2 is 2.05 bits per heavy atom. The summed E-state index contributed by atoms with van der Waals surface area (Å²) in [5.74, 6) is -2.27. The number of carboxylic acid groups (broad SMARTS) is 1. The van der Waals surface area contributed by atoms with Crippen LogP contribution in [0.3, 0.4) is 0 Å². The van der Waals surface area contributed by atoms with E-state index in [-0.39, 0.29) is 24.4 Å². The number of hydrogen-bond acceptors (Lipinski definition) is 4. The van der Waals surface area contributed by atoms with Gasteiger partial charge in [0.1, 0.15) is 5.71 Å². The second-order valence-electron chi connectivity index (χ2n) is 4.08. The molecule has 6 nitrogen and oxygen atoms in total. The highest BCUT2D eigenvalue weighted by Gasteiger charge is 2.33. The molecule has 112 valence electrons. The summed E-state index contributed by atoms with van der Waals surface area (Å²) in [6.07, 6.45) is -4.34. The van der Waals surface area contributed by atoms with Gasteiger partial charge in [0, 0.05) is 19.0 Å². The molecule has 0 atom stereocenters. The van der Waals surface area contributed by atoms with Crippen LogP contribution in [0.1, 0.15) is 18.4 Å². The minimum atomic E-state index is -4.63. The Morgan fingerprint density at radius 1 is 1.38 bits per heavy atom. The predicted octanol–water partition coefficient (Wildman–Crippen LogP) is 2.32. The van der Waals surface area contributed by atoms with Gasteiger partial charge in [0.05, 0.1) is 10.6 Å². The second-order valence-corrected chi connectivity index (χ2v) is 4.49. The van der Waals surface area contributed by atoms with Gasteiger partial charge in [-0.3, -0.25) is 4.79 Å². The van der Waals surface area contributed by atoms with Crippen LogP contribution < -0.4 is 5.01 Å². The van der Waals surface area contributed by atoms with Crippen LogP contribution in [0.25, 0.3) is 0 Å². The lowest BCUT2D eigenvalue weighted by Crippen LogP contribution is -2.35. The Balaban J connectivity index is 2.43. The number of aliphatic carboxylic acids is 1. The maximum Gasteiger partial charge on any atom is 0.417 e. The van der Waals surface area contributed by atoms with E-state index in [1.165, 1.54) is 0 Å². The summed E-state index contributed by atoms with van der Waals surface area (Å²) in [4.78, 5) is 26.0. The molecule has 1 aliphatic heterocycles. The van der Waals surface area contributed by atoms with Crippen LogP contribution in [0.2, 0.25) is 5.02 Å². The molecule has 10 heteroatoms. The number of amides is 1. The number of carboxylic acids is 1. The Hall–Kier alpha value is -2.16. The number of hydrazone groups is 1. The van der Waals surface area contributed by atoms with Gasteiger partial charge in [-0.15, -0.1) is 0 Å². The quantitative estimate of drug-likeness (QED) is 0.906. The zero-order valence-electron chi connectivity index (χ0n) is 10.2. The molecule has 0 aromatic carbocycles. The lowest BCUT2D eigenvalue weighted by molar-refractivity contribution is -0.137. The molecule has 0 saturated heterocycles. The maximum absolute atomic E-state index is 12.5. The van der Waals surface area contributed by atoms with E-state index in [2.05, 4.69) is 10.1 Å². The van der Waals surface area contributed by atoms with Crippen molar-refractivity contribution in [3.05, 3.63) is 22.8 Å². The van der Waals surface area contributed by atoms with Crippen molar-refractivity contribution < 1.29 is 27.9 Å². The van der Waals surface area contributed by atoms with Crippen LogP contribution in [0.5, 0.6) is 0 Å². The number of rotatable bonds is 2. The predicted molar refractivity (Wildman–Crippen MR) is 66.0 cm³/mol. The van der Waals surface area contributed by atoms with Gasteiger partial charge in [-0.2, -0.15) is 23.3 Å². The lowest BCUT2D eigenvalue weighted by atomic mass is 10.1. The van der Waals surface area contributed by atoms with E-state index >= 15 is 0 Å². The summed E-state index contributed by atoms with van der Waals surface area (Å²) in [7, 11) is 0. The van der Waals surface area contributed by atoms with Crippen molar-refractivity contribution >= 4 is 35.0 Å². The van der Waals surface area contributed by atoms with Crippen molar-refractivity contribution in [2.24, 2.45) is 5.10 Å². The summed E-state index contributed by atoms with van der Waals surface area (Å²) >= 11 is 5.69. The van der Waals surface area contributed by atoms with Crippen molar-refractivity contribution in [1.29, 1.82) is 0 Å². The van der Waals surface area contributed by atoms with E-state index in [0.29, 0.717) is 17.3 Å². The fourth-order valence-corrected chi connectivity index (χ4v) is 1.86. The summed E-state index contributed by atoms with van der Waals surface area (Å²) in [5, 5.41) is 12.6. The Morgan fingerprint density at radius 3 is 2.57 bits per heavy atom. The number of alkyl halides is 3. The van der Waals surface area contributed by atoms with Gasteiger partial charge in [0.15, 0.2) is 5.82 Å². The van der Waals surface area contributed by atoms with E-state index < -0.39 is 28.6 Å². The molecule has 21 heavy (non-hydrogen) atoms. The summed E-state index contributed by atoms with van der Waals surface area (Å²) < 4.78 is 37.5. The first kappa shape index (κ1) is 15.2. The van der Waals surface area contributed by atoms with Crippen LogP contribution in [0.15, 0.2) is 17.4 Å². The third-order valence-corrected chi connectivity index (χ3v) is 2.91. The summed E-state index contributed by atoms with van der Waals surface area (Å²) in [6, 6.07) is 0.599. The van der Waals surface area contributed by atoms with Crippen molar-refractivity contribution in [1.82, 2.24) is 4.98 Å². The smallest absolute Gasteiger partial charge is 0.417 e. The third-order valence-electron chi connectivity index (χ3n) is 2.63. The zero-order valence-corrected chi connectivity index (χ0v) is 10.9. The van der Waals surface area contributed by atoms with Gasteiger partial charge in [0.2, 0.25) is 5.91 Å². The van der Waals surface area contributed by atoms with Gasteiger partial charge < -0.3 is 5.11 Å². The molecule has 0 spiro atoms. The van der Waals surface area contributed by atoms with Crippen LogP contribution in [-0.4, -0.2) is 27.7 Å². The van der Waals surface area contributed by atoms with Gasteiger partial charge in [-0.1, -0.05) is 11.6 Å². The van der Waals surface area contributed by atoms with Crippen molar-refractivity contribution in [3.63, 3.8) is 0 Å². The SMILES string of the molecule is O=C(O)C1=NN(c2ncc(C(F)(F)F)cc2Cl)C(=O)CC1. The number of carbonyl (C=O) groups is 2. The highest BCUT2D eigenvalue weighted by molar-refractivity contribution is 6.37. The first-order valence-electron chi connectivity index (χ1n) is 5.56. The number of hydrogen-bond donors (Lipinski definition) is 1. The lowest BCUT2D eigenvalue weighted by Gasteiger charge is -2.22. The second kappa shape index (κ2) is 5.32. The Bertz CT molecular complexity index is 645. The minimum absolute atomic E-state index is 0.0665. The van der Waals surface area contributed by atoms with Gasteiger partial charge in [-0.05, 0) is 6.07 Å². The molecule has 2 rings (SSSR count). The van der Waals surface area contributed by atoms with Crippen LogP contribution in [0, 0.1) is 0 Å². The van der Waals surface area contributed by atoms with Crippen molar-refractivity contribution in [2.75, 3.05) is 5.01 Å². The number of anilines is 1. The fraction of sp³-hybridized carbons (Fsp3) is 0.273. The molecule has 0 saturated carbocycles. The molecule has 1 aromatic rings. The van der Waals surface area contributed by atoms with E-state index in [1.807, 2.05) is 0 Å². The molecule has 1 aromatic heterocycles. The molecular weight excluding hydrogens is 315 g/mol. The van der Waals surface area contributed by atoms with Crippen molar-refractivity contribution in [3.8, 4) is 0 Å². The average Bonchev–Trinajstić information content (AvgIpc) is 2.38. The number of pyridine rings is 1. The summed E-state index contributed by atoms with van der Waals surface area (Å²) in [5.41, 5.74) is -1.38. The van der Waals surface area contributed by atoms with E-state index in [1.54, 1.807) is 0 Å². The highest BCUT2D eigenvalue weighted by atomic mass is 35.5. The third kappa shape index (κ3) is 3.13. The van der Waals surface area contributed by atoms with Crippen LogP contribution >= 0.6 is 11.6 Å². The van der Waals surface area contributed by atoms with Crippen LogP contribution in [0.4, 0.5) is 19.0 Å². The molecular formula is C11H7ClF3N3O3. The van der Waals surface area contributed by atoms with Crippen LogP contribution in [-0.2, 0) is 15.8 Å². The molecule has 0 bridgehead atoms. The first-order valence-corrected chi connectivity index (χ1v) is 5.94. The number of aromatic nitrogens is 1. The average molecular weight is 322 g/mol. The van der Waals surface area contributed by atoms with E-state index in [0.717, 1.165) is 0 Å². The molecule has 0 aliphatic carbocycles. The van der Waals surface area contributed by atoms with Gasteiger partial charge >= 0.3 is 12.1 Å². The van der Waals surface area contributed by atoms with Gasteiger partial charge in [-0.25, -0.2) is 9.78 Å². The molecule has 0 radical (unpaired) electrons. The largest absolute Gasteiger partial charge is 0.477 e. The Labute approximate surface area is 120 Å². The Kier molecular flexibility index (Phi) is 3.86. The monoisotopic (exact) mass is 321 g/mol. The van der Waals surface area contributed by atoms with Gasteiger partial charge in [0.25, 0.3) is 0 Å². The zero-order chi connectivity index (χ0) is 15.8. The maximum atomic E-state index is 12.5. The molecule has 0 unspecified atom stereocenters. The number of carbonyl (C=O) groups excluding carboxylic acids is 1. The normalized spacial score (nSPS) is 15.9. The fourth-order valence-electron chi connectivity index (χ4n) is 1.61. The molecule has 0 fully saturated rings. The molecule has 1 aliphatic rings. The molecule has 1 amide bonds. The highest BCUT2D eigenvalue weighted by Crippen LogP contribution is 2.34. The molecule has 1 N–H and O–H groups in total. The van der Waals surface area contributed by atoms with E-state index in [9.17, 15) is 22.8 Å². The standard InChI is InChI=1S/C11H7ClF3N3O3/c12-6-3-5(11(13,14)15)4-16-9(6)18-8(19)2-1-7(17-18)10(20)21/h3-4H,1-2H2,(H,20,21). The van der Waals surface area contributed by atoms with Crippen molar-refractivity contribution in [2.45, 2.75) is 19.0 Å². The topological polar surface area (TPSA) is 82.9 Å². The van der Waals surface area contributed by atoms with E-state index in [4.69, 9.17) is 16.7 Å².